The number of carbonyl (C=O) groups excluding carboxylic acids is 1. The van der Waals surface area contributed by atoms with Crippen LogP contribution in [0.4, 0.5) is 0 Å². The van der Waals surface area contributed by atoms with Crippen LogP contribution in [0.3, 0.4) is 0 Å². The summed E-state index contributed by atoms with van der Waals surface area (Å²) in [6.45, 7) is 0. The first-order valence-corrected chi connectivity index (χ1v) is 5.57. The van der Waals surface area contributed by atoms with Crippen molar-refractivity contribution in [3.8, 4) is 0 Å². The van der Waals surface area contributed by atoms with Crippen LogP contribution in [0.5, 0.6) is 0 Å². The lowest BCUT2D eigenvalue weighted by atomic mass is 10.0. The fourth-order valence-corrected chi connectivity index (χ4v) is 2.16. The maximum absolute atomic E-state index is 11.0. The fourth-order valence-electron chi connectivity index (χ4n) is 2.16. The second-order valence-corrected chi connectivity index (χ2v) is 4.18. The predicted molar refractivity (Wildman–Crippen MR) is 60.1 cm³/mol. The van der Waals surface area contributed by atoms with Gasteiger partial charge in [0.25, 0.3) is 0 Å². The minimum Gasteiger partial charge on any atom is -0.469 e. The third-order valence-corrected chi connectivity index (χ3v) is 3.10. The Balaban J connectivity index is 2.12. The van der Waals surface area contributed by atoms with Gasteiger partial charge in [0.15, 0.2) is 0 Å². The average molecular weight is 220 g/mol. The lowest BCUT2D eigenvalue weighted by Crippen LogP contribution is -2.08. The van der Waals surface area contributed by atoms with Crippen LogP contribution in [0, 0.1) is 0 Å². The van der Waals surface area contributed by atoms with E-state index in [0.717, 1.165) is 18.4 Å². The summed E-state index contributed by atoms with van der Waals surface area (Å²) in [6, 6.07) is 5.96. The molecule has 1 aliphatic carbocycles. The summed E-state index contributed by atoms with van der Waals surface area (Å²) in [6.07, 6.45) is 2.66. The normalized spacial score (nSPS) is 15.6. The molecule has 1 N–H and O–H groups in total. The number of aliphatic hydroxyl groups excluding tert-OH is 1. The maximum atomic E-state index is 11.0. The fraction of sp³-hybridized carbons (Fsp3) is 0.462. The number of hydrogen-bond acceptors (Lipinski definition) is 3. The van der Waals surface area contributed by atoms with Gasteiger partial charge in [-0.3, -0.25) is 4.79 Å². The van der Waals surface area contributed by atoms with Crippen LogP contribution >= 0.6 is 0 Å². The van der Waals surface area contributed by atoms with Crippen molar-refractivity contribution in [3.63, 3.8) is 0 Å². The van der Waals surface area contributed by atoms with Crippen molar-refractivity contribution in [2.45, 2.75) is 31.8 Å². The van der Waals surface area contributed by atoms with E-state index in [1.165, 1.54) is 24.7 Å². The van der Waals surface area contributed by atoms with Gasteiger partial charge in [-0.1, -0.05) is 18.2 Å². The van der Waals surface area contributed by atoms with Crippen molar-refractivity contribution in [1.29, 1.82) is 0 Å². The molecule has 86 valence electrons. The maximum Gasteiger partial charge on any atom is 0.308 e. The standard InChI is InChI=1S/C13H16O3/c1-16-13(15)8-12(14)11-6-5-9-3-2-4-10(9)7-11/h5-7,12,14H,2-4,8H2,1H3. The molecule has 0 aliphatic heterocycles. The Labute approximate surface area is 95.0 Å². The van der Waals surface area contributed by atoms with Gasteiger partial charge in [-0.15, -0.1) is 0 Å². The lowest BCUT2D eigenvalue weighted by molar-refractivity contribution is -0.142. The van der Waals surface area contributed by atoms with E-state index in [1.807, 2.05) is 12.1 Å². The zero-order chi connectivity index (χ0) is 11.5. The number of hydrogen-bond donors (Lipinski definition) is 1. The second-order valence-electron chi connectivity index (χ2n) is 4.18. The Morgan fingerprint density at radius 2 is 2.19 bits per heavy atom. The molecule has 3 heteroatoms. The van der Waals surface area contributed by atoms with Crippen molar-refractivity contribution in [1.82, 2.24) is 0 Å². The van der Waals surface area contributed by atoms with Gasteiger partial charge in [0, 0.05) is 0 Å². The molecule has 2 rings (SSSR count). The molecule has 0 amide bonds. The summed E-state index contributed by atoms with van der Waals surface area (Å²) in [5.41, 5.74) is 3.49. The highest BCUT2D eigenvalue weighted by molar-refractivity contribution is 5.70. The van der Waals surface area contributed by atoms with Crippen molar-refractivity contribution in [2.24, 2.45) is 0 Å². The molecule has 0 radical (unpaired) electrons. The smallest absolute Gasteiger partial charge is 0.308 e. The minimum absolute atomic E-state index is 0.0231. The first-order valence-electron chi connectivity index (χ1n) is 5.57. The number of aryl methyl sites for hydroxylation is 2. The van der Waals surface area contributed by atoms with Gasteiger partial charge in [-0.05, 0) is 36.0 Å². The van der Waals surface area contributed by atoms with Crippen LogP contribution in [0.25, 0.3) is 0 Å². The summed E-state index contributed by atoms with van der Waals surface area (Å²) in [7, 11) is 1.33. The van der Waals surface area contributed by atoms with Gasteiger partial charge >= 0.3 is 5.97 Å². The molecule has 0 spiro atoms. The Morgan fingerprint density at radius 3 is 2.94 bits per heavy atom. The third-order valence-electron chi connectivity index (χ3n) is 3.10. The first-order chi connectivity index (χ1) is 7.70. The van der Waals surface area contributed by atoms with Crippen LogP contribution < -0.4 is 0 Å². The summed E-state index contributed by atoms with van der Waals surface area (Å²) < 4.78 is 4.54. The monoisotopic (exact) mass is 220 g/mol. The molecular formula is C13H16O3. The van der Waals surface area contributed by atoms with Crippen molar-refractivity contribution in [3.05, 3.63) is 34.9 Å². The minimum atomic E-state index is -0.752. The number of methoxy groups -OCH3 is 1. The summed E-state index contributed by atoms with van der Waals surface area (Å²) in [4.78, 5) is 11.0. The third kappa shape index (κ3) is 2.25. The van der Waals surface area contributed by atoms with Crippen LogP contribution in [-0.4, -0.2) is 18.2 Å². The van der Waals surface area contributed by atoms with E-state index in [0.29, 0.717) is 0 Å². The summed E-state index contributed by atoms with van der Waals surface area (Å²) >= 11 is 0. The number of aliphatic hydroxyl groups is 1. The molecular weight excluding hydrogens is 204 g/mol. The number of esters is 1. The quantitative estimate of drug-likeness (QED) is 0.790. The topological polar surface area (TPSA) is 46.5 Å². The molecule has 1 aromatic carbocycles. The molecule has 1 unspecified atom stereocenters. The van der Waals surface area contributed by atoms with E-state index in [9.17, 15) is 9.90 Å². The first kappa shape index (κ1) is 11.1. The van der Waals surface area contributed by atoms with Crippen LogP contribution in [0.15, 0.2) is 18.2 Å². The molecule has 1 atom stereocenters. The molecule has 0 saturated carbocycles. The molecule has 0 heterocycles. The molecule has 0 fully saturated rings. The average Bonchev–Trinajstić information content (AvgIpc) is 2.75. The highest BCUT2D eigenvalue weighted by Gasteiger charge is 2.16. The number of ether oxygens (including phenoxy) is 1. The van der Waals surface area contributed by atoms with Gasteiger partial charge < -0.3 is 9.84 Å². The molecule has 3 nitrogen and oxygen atoms in total. The molecule has 0 saturated heterocycles. The van der Waals surface area contributed by atoms with Crippen molar-refractivity contribution < 1.29 is 14.6 Å². The Hall–Kier alpha value is -1.35. The van der Waals surface area contributed by atoms with Gasteiger partial charge in [0.1, 0.15) is 0 Å². The van der Waals surface area contributed by atoms with Crippen LogP contribution in [-0.2, 0) is 22.4 Å². The summed E-state index contributed by atoms with van der Waals surface area (Å²) in [5, 5.41) is 9.85. The van der Waals surface area contributed by atoms with E-state index >= 15 is 0 Å². The zero-order valence-electron chi connectivity index (χ0n) is 9.40. The Kier molecular flexibility index (Phi) is 3.25. The Bertz CT molecular complexity index is 398. The van der Waals surface area contributed by atoms with Crippen molar-refractivity contribution in [2.75, 3.05) is 7.11 Å². The van der Waals surface area contributed by atoms with E-state index in [2.05, 4.69) is 10.8 Å². The van der Waals surface area contributed by atoms with Crippen LogP contribution in [0.2, 0.25) is 0 Å². The highest BCUT2D eigenvalue weighted by atomic mass is 16.5. The predicted octanol–water partition coefficient (Wildman–Crippen LogP) is 1.77. The SMILES string of the molecule is COC(=O)CC(O)c1ccc2c(c1)CCC2. The van der Waals surface area contributed by atoms with E-state index in [1.54, 1.807) is 0 Å². The van der Waals surface area contributed by atoms with Crippen molar-refractivity contribution >= 4 is 5.97 Å². The number of benzene rings is 1. The van der Waals surface area contributed by atoms with E-state index in [-0.39, 0.29) is 12.4 Å². The largest absolute Gasteiger partial charge is 0.469 e. The number of rotatable bonds is 3. The van der Waals surface area contributed by atoms with E-state index < -0.39 is 6.10 Å². The van der Waals surface area contributed by atoms with E-state index in [4.69, 9.17) is 0 Å². The molecule has 1 aromatic rings. The van der Waals surface area contributed by atoms with Crippen LogP contribution in [0.1, 0.15) is 35.6 Å². The highest BCUT2D eigenvalue weighted by Crippen LogP contribution is 2.26. The molecule has 1 aliphatic rings. The zero-order valence-corrected chi connectivity index (χ0v) is 9.40. The summed E-state index contributed by atoms with van der Waals surface area (Å²) in [5.74, 6) is -0.381. The van der Waals surface area contributed by atoms with Gasteiger partial charge in [-0.2, -0.15) is 0 Å². The number of fused-ring (bicyclic) bond motifs is 1. The lowest BCUT2D eigenvalue weighted by Gasteiger charge is -2.11. The molecule has 0 bridgehead atoms. The van der Waals surface area contributed by atoms with Gasteiger partial charge in [-0.25, -0.2) is 0 Å². The van der Waals surface area contributed by atoms with Gasteiger partial charge in [0.05, 0.1) is 19.6 Å². The Morgan fingerprint density at radius 1 is 1.44 bits per heavy atom. The molecule has 0 aromatic heterocycles. The number of carbonyl (C=O) groups is 1. The second kappa shape index (κ2) is 4.66. The van der Waals surface area contributed by atoms with Gasteiger partial charge in [0.2, 0.25) is 0 Å². The molecule has 16 heavy (non-hydrogen) atoms.